The van der Waals surface area contributed by atoms with Crippen LogP contribution < -0.4 is 10.8 Å². The summed E-state index contributed by atoms with van der Waals surface area (Å²) in [5, 5.41) is 3.27. The predicted octanol–water partition coefficient (Wildman–Crippen LogP) is 1.37. The van der Waals surface area contributed by atoms with Crippen LogP contribution in [0.15, 0.2) is 0 Å². The highest BCUT2D eigenvalue weighted by molar-refractivity contribution is 5.81. The number of nitrogens with one attached hydrogen (secondary N) is 2. The van der Waals surface area contributed by atoms with Crippen LogP contribution in [-0.4, -0.2) is 25.1 Å². The summed E-state index contributed by atoms with van der Waals surface area (Å²) >= 11 is 0. The molecule has 2 aliphatic rings. The minimum Gasteiger partial charge on any atom is -0.316 e. The van der Waals surface area contributed by atoms with Gasteiger partial charge >= 0.3 is 0 Å². The molecule has 1 unspecified atom stereocenters. The number of hydrogen-bond acceptors (Lipinski definition) is 3. The van der Waals surface area contributed by atoms with E-state index in [2.05, 4.69) is 10.8 Å². The molecule has 0 aromatic heterocycles. The quantitative estimate of drug-likeness (QED) is 0.715. The summed E-state index contributed by atoms with van der Waals surface area (Å²) in [5.41, 5.74) is 2.36. The van der Waals surface area contributed by atoms with Crippen molar-refractivity contribution in [2.24, 2.45) is 5.41 Å². The standard InChI is InChI=1S/C12H22N2O2/c1-12(7-4-8-13-9-12)11(15)14-16-10-5-2-3-6-10/h10,13H,2-9H2,1H3,(H,14,15). The number of hydroxylamine groups is 1. The molecule has 92 valence electrons. The van der Waals surface area contributed by atoms with Crippen LogP contribution in [0.1, 0.15) is 45.4 Å². The van der Waals surface area contributed by atoms with Crippen LogP contribution >= 0.6 is 0 Å². The molecule has 0 aromatic carbocycles. The Kier molecular flexibility index (Phi) is 3.82. The van der Waals surface area contributed by atoms with Crippen LogP contribution in [0.3, 0.4) is 0 Å². The fourth-order valence-electron chi connectivity index (χ4n) is 2.52. The summed E-state index contributed by atoms with van der Waals surface area (Å²) in [5.74, 6) is 0.0339. The lowest BCUT2D eigenvalue weighted by molar-refractivity contribution is -0.148. The third-order valence-corrected chi connectivity index (χ3v) is 3.77. The lowest BCUT2D eigenvalue weighted by Gasteiger charge is -2.32. The maximum atomic E-state index is 12.0. The zero-order valence-corrected chi connectivity index (χ0v) is 10.1. The first-order valence-electron chi connectivity index (χ1n) is 6.37. The van der Waals surface area contributed by atoms with E-state index in [4.69, 9.17) is 4.84 Å². The van der Waals surface area contributed by atoms with Crippen molar-refractivity contribution < 1.29 is 9.63 Å². The van der Waals surface area contributed by atoms with E-state index in [1.807, 2.05) is 6.92 Å². The first-order valence-corrected chi connectivity index (χ1v) is 6.37. The van der Waals surface area contributed by atoms with Gasteiger partial charge in [0.2, 0.25) is 0 Å². The maximum Gasteiger partial charge on any atom is 0.250 e. The topological polar surface area (TPSA) is 50.4 Å². The maximum absolute atomic E-state index is 12.0. The van der Waals surface area contributed by atoms with E-state index in [1.165, 1.54) is 12.8 Å². The third kappa shape index (κ3) is 2.74. The van der Waals surface area contributed by atoms with Crippen molar-refractivity contribution in [2.75, 3.05) is 13.1 Å². The lowest BCUT2D eigenvalue weighted by atomic mass is 9.82. The van der Waals surface area contributed by atoms with Crippen molar-refractivity contribution in [1.82, 2.24) is 10.8 Å². The Morgan fingerprint density at radius 2 is 2.12 bits per heavy atom. The molecule has 1 saturated heterocycles. The van der Waals surface area contributed by atoms with Crippen LogP contribution in [0.25, 0.3) is 0 Å². The fourth-order valence-corrected chi connectivity index (χ4v) is 2.52. The fraction of sp³-hybridized carbons (Fsp3) is 0.917. The van der Waals surface area contributed by atoms with E-state index in [0.717, 1.165) is 38.8 Å². The molecule has 0 bridgehead atoms. The average Bonchev–Trinajstić information content (AvgIpc) is 2.79. The Hall–Kier alpha value is -0.610. The molecule has 1 atom stereocenters. The van der Waals surface area contributed by atoms with Crippen LogP contribution in [-0.2, 0) is 9.63 Å². The molecule has 1 saturated carbocycles. The summed E-state index contributed by atoms with van der Waals surface area (Å²) in [6.45, 7) is 3.78. The van der Waals surface area contributed by atoms with Gasteiger partial charge in [-0.1, -0.05) is 12.8 Å². The van der Waals surface area contributed by atoms with E-state index in [-0.39, 0.29) is 17.4 Å². The first-order chi connectivity index (χ1) is 7.71. The van der Waals surface area contributed by atoms with Crippen LogP contribution in [0.5, 0.6) is 0 Å². The van der Waals surface area contributed by atoms with Gasteiger partial charge in [0.1, 0.15) is 0 Å². The molecule has 2 N–H and O–H groups in total. The number of amides is 1. The molecule has 4 heteroatoms. The minimum absolute atomic E-state index is 0.0339. The second-order valence-electron chi connectivity index (χ2n) is 5.30. The number of rotatable bonds is 3. The molecule has 1 amide bonds. The number of carbonyl (C=O) groups excluding carboxylic acids is 1. The highest BCUT2D eigenvalue weighted by Gasteiger charge is 2.35. The number of piperidine rings is 1. The van der Waals surface area contributed by atoms with Gasteiger partial charge in [0.15, 0.2) is 0 Å². The van der Waals surface area contributed by atoms with Crippen molar-refractivity contribution >= 4 is 5.91 Å². The van der Waals surface area contributed by atoms with Gasteiger partial charge in [-0.3, -0.25) is 9.63 Å². The summed E-state index contributed by atoms with van der Waals surface area (Å²) in [6.07, 6.45) is 6.85. The Morgan fingerprint density at radius 3 is 2.75 bits per heavy atom. The molecule has 0 radical (unpaired) electrons. The molecular formula is C12H22N2O2. The van der Waals surface area contributed by atoms with Crippen LogP contribution in [0, 0.1) is 5.41 Å². The van der Waals surface area contributed by atoms with Crippen molar-refractivity contribution in [1.29, 1.82) is 0 Å². The Balaban J connectivity index is 1.77. The zero-order valence-electron chi connectivity index (χ0n) is 10.1. The van der Waals surface area contributed by atoms with Crippen molar-refractivity contribution in [3.63, 3.8) is 0 Å². The molecule has 1 aliphatic heterocycles. The first kappa shape index (κ1) is 11.9. The second kappa shape index (κ2) is 5.15. The zero-order chi connectivity index (χ0) is 11.4. The second-order valence-corrected chi connectivity index (χ2v) is 5.30. The molecule has 1 heterocycles. The van der Waals surface area contributed by atoms with Gasteiger partial charge in [-0.05, 0) is 39.2 Å². The summed E-state index contributed by atoms with van der Waals surface area (Å²) in [7, 11) is 0. The summed E-state index contributed by atoms with van der Waals surface area (Å²) in [6, 6.07) is 0. The van der Waals surface area contributed by atoms with Crippen LogP contribution in [0.2, 0.25) is 0 Å². The van der Waals surface area contributed by atoms with E-state index in [1.54, 1.807) is 0 Å². The van der Waals surface area contributed by atoms with E-state index in [0.29, 0.717) is 0 Å². The number of hydrogen-bond donors (Lipinski definition) is 2. The van der Waals surface area contributed by atoms with E-state index < -0.39 is 0 Å². The molecule has 1 aliphatic carbocycles. The molecule has 0 spiro atoms. The van der Waals surface area contributed by atoms with Crippen molar-refractivity contribution in [3.8, 4) is 0 Å². The normalized spacial score (nSPS) is 31.6. The highest BCUT2D eigenvalue weighted by atomic mass is 16.7. The van der Waals surface area contributed by atoms with Gasteiger partial charge in [-0.15, -0.1) is 0 Å². The Bertz CT molecular complexity index is 243. The molecule has 2 rings (SSSR count). The largest absolute Gasteiger partial charge is 0.316 e. The monoisotopic (exact) mass is 226 g/mol. The SMILES string of the molecule is CC1(C(=O)NOC2CCCC2)CCCNC1. The molecule has 4 nitrogen and oxygen atoms in total. The summed E-state index contributed by atoms with van der Waals surface area (Å²) in [4.78, 5) is 17.5. The smallest absolute Gasteiger partial charge is 0.250 e. The van der Waals surface area contributed by atoms with Gasteiger partial charge in [0.05, 0.1) is 11.5 Å². The Labute approximate surface area is 97.1 Å². The van der Waals surface area contributed by atoms with Crippen LogP contribution in [0.4, 0.5) is 0 Å². The molecular weight excluding hydrogens is 204 g/mol. The van der Waals surface area contributed by atoms with E-state index in [9.17, 15) is 4.79 Å². The number of carbonyl (C=O) groups is 1. The molecule has 0 aromatic rings. The highest BCUT2D eigenvalue weighted by Crippen LogP contribution is 2.26. The molecule has 16 heavy (non-hydrogen) atoms. The average molecular weight is 226 g/mol. The summed E-state index contributed by atoms with van der Waals surface area (Å²) < 4.78 is 0. The minimum atomic E-state index is -0.295. The van der Waals surface area contributed by atoms with Gasteiger partial charge in [-0.2, -0.15) is 0 Å². The van der Waals surface area contributed by atoms with E-state index >= 15 is 0 Å². The van der Waals surface area contributed by atoms with Crippen molar-refractivity contribution in [2.45, 2.75) is 51.6 Å². The van der Waals surface area contributed by atoms with Crippen molar-refractivity contribution in [3.05, 3.63) is 0 Å². The van der Waals surface area contributed by atoms with Gasteiger partial charge in [0, 0.05) is 6.54 Å². The predicted molar refractivity (Wildman–Crippen MR) is 61.7 cm³/mol. The van der Waals surface area contributed by atoms with Gasteiger partial charge in [-0.25, -0.2) is 5.48 Å². The molecule has 2 fully saturated rings. The third-order valence-electron chi connectivity index (χ3n) is 3.77. The van der Waals surface area contributed by atoms with Gasteiger partial charge < -0.3 is 5.32 Å². The Morgan fingerprint density at radius 1 is 1.38 bits per heavy atom. The van der Waals surface area contributed by atoms with Gasteiger partial charge in [0.25, 0.3) is 5.91 Å². The lowest BCUT2D eigenvalue weighted by Crippen LogP contribution is -2.49.